The molecule has 0 aliphatic carbocycles. The predicted molar refractivity (Wildman–Crippen MR) is 233 cm³/mol. The number of benzene rings is 8. The van der Waals surface area contributed by atoms with Crippen LogP contribution in [0.3, 0.4) is 0 Å². The van der Waals surface area contributed by atoms with Gasteiger partial charge in [0, 0.05) is 32.5 Å². The van der Waals surface area contributed by atoms with Gasteiger partial charge in [0.25, 0.3) is 0 Å². The van der Waals surface area contributed by atoms with Crippen molar-refractivity contribution in [2.75, 3.05) is 0 Å². The highest BCUT2D eigenvalue weighted by atomic mass is 16.3. The summed E-state index contributed by atoms with van der Waals surface area (Å²) in [5, 5.41) is 10.2. The highest BCUT2D eigenvalue weighted by molar-refractivity contribution is 6.38. The predicted octanol–water partition coefficient (Wildman–Crippen LogP) is 14.1. The van der Waals surface area contributed by atoms with Crippen LogP contribution in [0.4, 0.5) is 0 Å². The van der Waals surface area contributed by atoms with Gasteiger partial charge in [0.05, 0.1) is 11.0 Å². The normalized spacial score (nSPS) is 12.2. The Labute approximate surface area is 325 Å². The lowest BCUT2D eigenvalue weighted by Crippen LogP contribution is -2.03. The van der Waals surface area contributed by atoms with Crippen molar-refractivity contribution in [1.29, 1.82) is 0 Å². The third-order valence-corrected chi connectivity index (χ3v) is 11.8. The monoisotopic (exact) mass is 727 g/mol. The van der Waals surface area contributed by atoms with Crippen LogP contribution in [-0.4, -0.2) is 14.5 Å². The molecule has 0 fully saturated rings. The third kappa shape index (κ3) is 4.28. The number of aromatic nitrogens is 3. The van der Waals surface area contributed by atoms with Crippen LogP contribution in [0.1, 0.15) is 0 Å². The summed E-state index contributed by atoms with van der Waals surface area (Å²) >= 11 is 0. The lowest BCUT2D eigenvalue weighted by molar-refractivity contribution is 0.666. The molecule has 0 bridgehead atoms. The van der Waals surface area contributed by atoms with E-state index in [1.54, 1.807) is 0 Å². The quantitative estimate of drug-likeness (QED) is 0.181. The summed E-state index contributed by atoms with van der Waals surface area (Å²) in [5.41, 5.74) is 12.1. The van der Waals surface area contributed by atoms with E-state index in [1.807, 2.05) is 18.2 Å². The molecule has 0 amide bonds. The van der Waals surface area contributed by atoms with E-state index in [9.17, 15) is 0 Å². The maximum atomic E-state index is 6.71. The maximum Gasteiger partial charge on any atom is 0.236 e. The molecule has 13 aromatic rings. The number of fused-ring (bicyclic) bond motifs is 6. The average Bonchev–Trinajstić information content (AvgIpc) is 3.95. The maximum absolute atomic E-state index is 6.71. The summed E-state index contributed by atoms with van der Waals surface area (Å²) < 4.78 is 15.6. The van der Waals surface area contributed by atoms with Crippen LogP contribution in [0.2, 0.25) is 0 Å². The van der Waals surface area contributed by atoms with Crippen molar-refractivity contribution in [3.63, 3.8) is 0 Å². The molecule has 0 unspecified atom stereocenters. The summed E-state index contributed by atoms with van der Waals surface area (Å²) in [4.78, 5) is 11.0. The van der Waals surface area contributed by atoms with Gasteiger partial charge in [-0.3, -0.25) is 4.57 Å². The molecular weight excluding hydrogens is 699 g/mol. The molecule has 57 heavy (non-hydrogen) atoms. The molecule has 9 aromatic carbocycles. The number of hydrogen-bond acceptors (Lipinski definition) is 4. The van der Waals surface area contributed by atoms with Gasteiger partial charge in [-0.25, -0.2) is 9.97 Å². The van der Waals surface area contributed by atoms with Gasteiger partial charge in [-0.15, -0.1) is 0 Å². The highest BCUT2D eigenvalue weighted by Gasteiger charge is 2.26. The third-order valence-electron chi connectivity index (χ3n) is 11.8. The molecule has 4 heterocycles. The van der Waals surface area contributed by atoms with Gasteiger partial charge in [-0.1, -0.05) is 121 Å². The van der Waals surface area contributed by atoms with Gasteiger partial charge in [0.15, 0.2) is 5.58 Å². The first-order valence-corrected chi connectivity index (χ1v) is 19.2. The summed E-state index contributed by atoms with van der Waals surface area (Å²) in [7, 11) is 0. The van der Waals surface area contributed by atoms with Crippen LogP contribution in [0.5, 0.6) is 0 Å². The molecular formula is C52H29N3O2. The zero-order valence-corrected chi connectivity index (χ0v) is 30.4. The Hall–Kier alpha value is -7.76. The Morgan fingerprint density at radius 3 is 1.65 bits per heavy atom. The van der Waals surface area contributed by atoms with Crippen LogP contribution in [0.25, 0.3) is 127 Å². The Balaban J connectivity index is 1.19. The van der Waals surface area contributed by atoms with Crippen LogP contribution >= 0.6 is 0 Å². The second kappa shape index (κ2) is 11.4. The molecule has 0 saturated heterocycles. The second-order valence-corrected chi connectivity index (χ2v) is 14.9. The fraction of sp³-hybridized carbons (Fsp3) is 0. The minimum Gasteiger partial charge on any atom is -0.456 e. The van der Waals surface area contributed by atoms with Crippen LogP contribution < -0.4 is 0 Å². The summed E-state index contributed by atoms with van der Waals surface area (Å²) in [6.07, 6.45) is 0. The van der Waals surface area contributed by atoms with Crippen molar-refractivity contribution in [2.24, 2.45) is 0 Å². The van der Waals surface area contributed by atoms with Crippen molar-refractivity contribution < 1.29 is 8.83 Å². The van der Waals surface area contributed by atoms with Crippen molar-refractivity contribution in [3.8, 4) is 39.5 Å². The van der Waals surface area contributed by atoms with Crippen LogP contribution in [0, 0.1) is 0 Å². The largest absolute Gasteiger partial charge is 0.456 e. The second-order valence-electron chi connectivity index (χ2n) is 14.9. The molecule has 5 heteroatoms. The minimum absolute atomic E-state index is 0.576. The molecule has 13 rings (SSSR count). The van der Waals surface area contributed by atoms with E-state index < -0.39 is 0 Å². The van der Waals surface area contributed by atoms with E-state index in [-0.39, 0.29) is 0 Å². The molecule has 0 saturated carbocycles. The van der Waals surface area contributed by atoms with Gasteiger partial charge in [-0.05, 0) is 98.4 Å². The highest BCUT2D eigenvalue weighted by Crippen LogP contribution is 2.47. The van der Waals surface area contributed by atoms with Gasteiger partial charge in [0.1, 0.15) is 28.0 Å². The Morgan fingerprint density at radius 1 is 0.351 bits per heavy atom. The lowest BCUT2D eigenvalue weighted by Gasteiger charge is -2.13. The minimum atomic E-state index is 0.576. The number of rotatable bonds is 4. The van der Waals surface area contributed by atoms with Crippen LogP contribution in [-0.2, 0) is 0 Å². The molecule has 0 spiro atoms. The average molecular weight is 728 g/mol. The van der Waals surface area contributed by atoms with Crippen LogP contribution in [0.15, 0.2) is 185 Å². The Kier molecular flexibility index (Phi) is 6.10. The fourth-order valence-corrected chi connectivity index (χ4v) is 9.31. The topological polar surface area (TPSA) is 57.0 Å². The fourth-order valence-electron chi connectivity index (χ4n) is 9.31. The Bertz CT molecular complexity index is 3690. The number of furan rings is 2. The molecule has 0 N–H and O–H groups in total. The van der Waals surface area contributed by atoms with Gasteiger partial charge in [0.2, 0.25) is 5.95 Å². The van der Waals surface area contributed by atoms with E-state index >= 15 is 0 Å². The molecule has 0 atom stereocenters. The first-order valence-electron chi connectivity index (χ1n) is 19.2. The first kappa shape index (κ1) is 30.6. The molecule has 5 nitrogen and oxygen atoms in total. The van der Waals surface area contributed by atoms with Crippen molar-refractivity contribution in [2.45, 2.75) is 0 Å². The van der Waals surface area contributed by atoms with Gasteiger partial charge in [-0.2, -0.15) is 0 Å². The molecule has 0 radical (unpaired) electrons. The summed E-state index contributed by atoms with van der Waals surface area (Å²) in [6, 6.07) is 61.9. The van der Waals surface area contributed by atoms with E-state index in [0.29, 0.717) is 11.5 Å². The van der Waals surface area contributed by atoms with Crippen molar-refractivity contribution in [1.82, 2.24) is 14.5 Å². The summed E-state index contributed by atoms with van der Waals surface area (Å²) in [6.45, 7) is 0. The van der Waals surface area contributed by atoms with E-state index in [4.69, 9.17) is 18.8 Å². The molecule has 4 aromatic heterocycles. The number of hydrogen-bond donors (Lipinski definition) is 0. The van der Waals surface area contributed by atoms with Gasteiger partial charge >= 0.3 is 0 Å². The van der Waals surface area contributed by atoms with E-state index in [2.05, 4.69) is 162 Å². The lowest BCUT2D eigenvalue weighted by atomic mass is 9.95. The van der Waals surface area contributed by atoms with Crippen molar-refractivity contribution in [3.05, 3.63) is 176 Å². The standard InChI is InChI=1S/C52H29N3O2/c1-3-13-30(14-4-1)32-27-33(31-15-5-2-6-16-31)29-34(28-32)49-51-50(39-19-9-10-23-42(39)57-51)54-52(53-49)55-40-22-11-20-37-35-17-7-8-18-36(35)38-21-12-24-43-46(38)48-44(56-43)26-25-41(55)47(48)45(37)40/h1-29H. The zero-order valence-electron chi connectivity index (χ0n) is 30.4. The van der Waals surface area contributed by atoms with E-state index in [0.717, 1.165) is 93.7 Å². The molecule has 0 aliphatic rings. The zero-order chi connectivity index (χ0) is 37.2. The summed E-state index contributed by atoms with van der Waals surface area (Å²) in [5.74, 6) is 0.576. The number of nitrogens with zero attached hydrogens (tertiary/aromatic N) is 3. The number of para-hydroxylation sites is 1. The molecule has 0 aliphatic heterocycles. The molecule has 264 valence electrons. The van der Waals surface area contributed by atoms with Gasteiger partial charge < -0.3 is 8.83 Å². The smallest absolute Gasteiger partial charge is 0.236 e. The Morgan fingerprint density at radius 2 is 0.912 bits per heavy atom. The van der Waals surface area contributed by atoms with Crippen molar-refractivity contribution >= 4 is 87.4 Å². The SMILES string of the molecule is c1ccc(-c2cc(-c3ccccc3)cc(-c3nc(-n4c5cccc6c7ccccc7c7cccc8oc9ccc4c(c9c87)c65)nc4c3oc3ccccc34)c2)cc1. The van der Waals surface area contributed by atoms with E-state index in [1.165, 1.54) is 21.5 Å². The first-order chi connectivity index (χ1) is 28.3.